The molecule has 2 aromatic carbocycles. The number of carbonyl (C=O) groups is 2. The zero-order valence-electron chi connectivity index (χ0n) is 14.5. The monoisotopic (exact) mass is 358 g/mol. The van der Waals surface area contributed by atoms with Crippen LogP contribution in [0.2, 0.25) is 0 Å². The Kier molecular flexibility index (Phi) is 7.54. The maximum Gasteiger partial charge on any atom is 0.147 e. The molecule has 2 aromatic rings. The predicted octanol–water partition coefficient (Wildman–Crippen LogP) is 3.36. The maximum atomic E-state index is 12.0. The third kappa shape index (κ3) is 6.63. The zero-order chi connectivity index (χ0) is 18.1. The van der Waals surface area contributed by atoms with Gasteiger partial charge in [-0.15, -0.1) is 11.8 Å². The maximum absolute atomic E-state index is 12.0. The van der Waals surface area contributed by atoms with Crippen molar-refractivity contribution in [1.82, 2.24) is 0 Å². The predicted molar refractivity (Wildman–Crippen MR) is 101 cm³/mol. The van der Waals surface area contributed by atoms with Crippen molar-refractivity contribution >= 4 is 23.3 Å². The Morgan fingerprint density at radius 1 is 0.720 bits per heavy atom. The van der Waals surface area contributed by atoms with Gasteiger partial charge in [-0.3, -0.25) is 9.59 Å². The Morgan fingerprint density at radius 2 is 1.08 bits per heavy atom. The Balaban J connectivity index is 1.69. The van der Waals surface area contributed by atoms with Crippen LogP contribution >= 0.6 is 11.8 Å². The van der Waals surface area contributed by atoms with E-state index in [0.717, 1.165) is 22.6 Å². The van der Waals surface area contributed by atoms with Crippen molar-refractivity contribution in [2.24, 2.45) is 0 Å². The second kappa shape index (κ2) is 9.89. The molecule has 0 aliphatic rings. The van der Waals surface area contributed by atoms with Gasteiger partial charge >= 0.3 is 0 Å². The zero-order valence-corrected chi connectivity index (χ0v) is 15.3. The Labute approximate surface area is 152 Å². The van der Waals surface area contributed by atoms with Gasteiger partial charge in [0.1, 0.15) is 23.1 Å². The van der Waals surface area contributed by atoms with Crippen LogP contribution < -0.4 is 9.47 Å². The summed E-state index contributed by atoms with van der Waals surface area (Å²) in [5.41, 5.74) is 1.91. The Bertz CT molecular complexity index is 631. The lowest BCUT2D eigenvalue weighted by Crippen LogP contribution is -2.10. The third-order valence-electron chi connectivity index (χ3n) is 3.65. The quantitative estimate of drug-likeness (QED) is 0.652. The highest BCUT2D eigenvalue weighted by atomic mass is 32.2. The van der Waals surface area contributed by atoms with Crippen molar-refractivity contribution in [3.05, 3.63) is 59.7 Å². The molecule has 25 heavy (non-hydrogen) atoms. The van der Waals surface area contributed by atoms with Gasteiger partial charge in [0.2, 0.25) is 0 Å². The van der Waals surface area contributed by atoms with E-state index < -0.39 is 0 Å². The van der Waals surface area contributed by atoms with E-state index in [1.807, 2.05) is 48.5 Å². The van der Waals surface area contributed by atoms with Gasteiger partial charge < -0.3 is 9.47 Å². The summed E-state index contributed by atoms with van der Waals surface area (Å²) in [4.78, 5) is 24.0. The molecule has 4 nitrogen and oxygen atoms in total. The molecule has 2 rings (SSSR count). The van der Waals surface area contributed by atoms with Crippen LogP contribution in [-0.2, 0) is 22.4 Å². The van der Waals surface area contributed by atoms with Gasteiger partial charge in [-0.2, -0.15) is 0 Å². The number of hydrogen-bond donors (Lipinski definition) is 0. The molecular weight excluding hydrogens is 336 g/mol. The minimum Gasteiger partial charge on any atom is -0.497 e. The van der Waals surface area contributed by atoms with Crippen LogP contribution in [0.5, 0.6) is 11.5 Å². The summed E-state index contributed by atoms with van der Waals surface area (Å²) in [6.45, 7) is 0. The van der Waals surface area contributed by atoms with E-state index in [4.69, 9.17) is 9.47 Å². The van der Waals surface area contributed by atoms with Gasteiger partial charge in [-0.25, -0.2) is 0 Å². The fourth-order valence-electron chi connectivity index (χ4n) is 2.32. The highest BCUT2D eigenvalue weighted by Crippen LogP contribution is 2.14. The lowest BCUT2D eigenvalue weighted by molar-refractivity contribution is -0.116. The topological polar surface area (TPSA) is 52.6 Å². The lowest BCUT2D eigenvalue weighted by Gasteiger charge is -2.05. The van der Waals surface area contributed by atoms with E-state index in [-0.39, 0.29) is 11.6 Å². The molecule has 0 atom stereocenters. The molecule has 0 bridgehead atoms. The molecule has 0 heterocycles. The average Bonchev–Trinajstić information content (AvgIpc) is 2.63. The minimum atomic E-state index is 0.118. The average molecular weight is 358 g/mol. The van der Waals surface area contributed by atoms with Gasteiger partial charge in [0.05, 0.1) is 25.7 Å². The summed E-state index contributed by atoms with van der Waals surface area (Å²) in [7, 11) is 3.22. The second-order valence-corrected chi connectivity index (χ2v) is 6.61. The molecule has 0 radical (unpaired) electrons. The van der Waals surface area contributed by atoms with Gasteiger partial charge in [0.15, 0.2) is 0 Å². The van der Waals surface area contributed by atoms with Crippen LogP contribution in [0, 0.1) is 0 Å². The number of thioether (sulfide) groups is 1. The van der Waals surface area contributed by atoms with Crippen LogP contribution in [0.25, 0.3) is 0 Å². The minimum absolute atomic E-state index is 0.118. The van der Waals surface area contributed by atoms with Crippen LogP contribution in [-0.4, -0.2) is 37.3 Å². The first-order valence-electron chi connectivity index (χ1n) is 7.97. The van der Waals surface area contributed by atoms with Gasteiger partial charge in [0.25, 0.3) is 0 Å². The number of hydrogen-bond acceptors (Lipinski definition) is 5. The van der Waals surface area contributed by atoms with E-state index in [1.165, 1.54) is 11.8 Å². The van der Waals surface area contributed by atoms with E-state index in [9.17, 15) is 9.59 Å². The number of methoxy groups -OCH3 is 2. The van der Waals surface area contributed by atoms with Crippen LogP contribution in [0.1, 0.15) is 11.1 Å². The van der Waals surface area contributed by atoms with E-state index in [0.29, 0.717) is 24.3 Å². The Hall–Kier alpha value is -2.27. The highest BCUT2D eigenvalue weighted by molar-refractivity contribution is 8.00. The molecule has 0 amide bonds. The number of ether oxygens (including phenoxy) is 2. The molecule has 0 aliphatic heterocycles. The van der Waals surface area contributed by atoms with E-state index in [1.54, 1.807) is 14.2 Å². The van der Waals surface area contributed by atoms with Crippen molar-refractivity contribution in [3.8, 4) is 11.5 Å². The van der Waals surface area contributed by atoms with Crippen molar-refractivity contribution < 1.29 is 19.1 Å². The number of ketones is 2. The van der Waals surface area contributed by atoms with Crippen LogP contribution in [0.15, 0.2) is 48.5 Å². The van der Waals surface area contributed by atoms with E-state index in [2.05, 4.69) is 0 Å². The first kappa shape index (κ1) is 19.1. The van der Waals surface area contributed by atoms with Crippen molar-refractivity contribution in [1.29, 1.82) is 0 Å². The number of carbonyl (C=O) groups excluding carboxylic acids is 2. The smallest absolute Gasteiger partial charge is 0.147 e. The Morgan fingerprint density at radius 3 is 1.40 bits per heavy atom. The van der Waals surface area contributed by atoms with Gasteiger partial charge in [0, 0.05) is 12.8 Å². The summed E-state index contributed by atoms with van der Waals surface area (Å²) in [6.07, 6.45) is 0.757. The highest BCUT2D eigenvalue weighted by Gasteiger charge is 2.08. The van der Waals surface area contributed by atoms with Crippen LogP contribution in [0.4, 0.5) is 0 Å². The molecule has 0 aromatic heterocycles. The SMILES string of the molecule is COc1ccc(CC(=O)CSCC(=O)Cc2ccc(OC)cc2)cc1. The van der Waals surface area contributed by atoms with Crippen molar-refractivity contribution in [2.75, 3.05) is 25.7 Å². The summed E-state index contributed by atoms with van der Waals surface area (Å²) >= 11 is 1.37. The second-order valence-electron chi connectivity index (χ2n) is 5.62. The van der Waals surface area contributed by atoms with Gasteiger partial charge in [-0.05, 0) is 35.4 Å². The fourth-order valence-corrected chi connectivity index (χ4v) is 3.08. The molecule has 0 spiro atoms. The number of Topliss-reactive ketones (excluding diaryl/α,β-unsaturated/α-hetero) is 2. The summed E-state index contributed by atoms with van der Waals surface area (Å²) in [5.74, 6) is 2.48. The standard InChI is InChI=1S/C20H22O4S/c1-23-19-7-3-15(4-8-19)11-17(21)13-25-14-18(22)12-16-5-9-20(24-2)10-6-16/h3-10H,11-14H2,1-2H3. The van der Waals surface area contributed by atoms with E-state index >= 15 is 0 Å². The third-order valence-corrected chi connectivity index (χ3v) is 4.70. The van der Waals surface area contributed by atoms with Gasteiger partial charge in [-0.1, -0.05) is 24.3 Å². The molecule has 0 saturated heterocycles. The molecule has 0 fully saturated rings. The normalized spacial score (nSPS) is 10.3. The van der Waals surface area contributed by atoms with Crippen LogP contribution in [0.3, 0.4) is 0 Å². The summed E-state index contributed by atoms with van der Waals surface area (Å²) in [5, 5.41) is 0. The number of rotatable bonds is 10. The molecule has 0 unspecified atom stereocenters. The summed E-state index contributed by atoms with van der Waals surface area (Å²) in [6, 6.07) is 14.9. The molecule has 0 aliphatic carbocycles. The van der Waals surface area contributed by atoms with Crippen molar-refractivity contribution in [2.45, 2.75) is 12.8 Å². The largest absolute Gasteiger partial charge is 0.497 e. The first-order chi connectivity index (χ1) is 12.1. The molecule has 0 N–H and O–H groups in total. The molecule has 0 saturated carbocycles. The fraction of sp³-hybridized carbons (Fsp3) is 0.300. The number of benzene rings is 2. The molecular formula is C20H22O4S. The lowest BCUT2D eigenvalue weighted by atomic mass is 10.1. The molecule has 5 heteroatoms. The summed E-state index contributed by atoms with van der Waals surface area (Å²) < 4.78 is 10.2. The molecule has 132 valence electrons. The van der Waals surface area contributed by atoms with Crippen molar-refractivity contribution in [3.63, 3.8) is 0 Å². The first-order valence-corrected chi connectivity index (χ1v) is 9.13.